The molecule has 1 aliphatic carbocycles. The Morgan fingerprint density at radius 2 is 1.60 bits per heavy atom. The first kappa shape index (κ1) is 25.2. The van der Waals surface area contributed by atoms with Crippen molar-refractivity contribution in [1.29, 1.82) is 0 Å². The summed E-state index contributed by atoms with van der Waals surface area (Å²) in [6.45, 7) is 0. The van der Waals surface area contributed by atoms with E-state index in [1.807, 2.05) is 47.0 Å². The summed E-state index contributed by atoms with van der Waals surface area (Å²) >= 11 is 0. The molecule has 10 nitrogen and oxygen atoms in total. The number of nitrogens with one attached hydrogen (secondary N) is 2. The highest BCUT2D eigenvalue weighted by Crippen LogP contribution is 2.41. The maximum Gasteiger partial charge on any atom is 0.251 e. The third kappa shape index (κ3) is 4.86. The quantitative estimate of drug-likeness (QED) is 0.266. The zero-order valence-corrected chi connectivity index (χ0v) is 22.3. The summed E-state index contributed by atoms with van der Waals surface area (Å²) in [5.41, 5.74) is 4.16. The van der Waals surface area contributed by atoms with Crippen molar-refractivity contribution in [3.63, 3.8) is 0 Å². The average molecular weight is 537 g/mol. The van der Waals surface area contributed by atoms with Crippen LogP contribution in [0.1, 0.15) is 23.2 Å². The highest BCUT2D eigenvalue weighted by molar-refractivity contribution is 5.95. The molecule has 0 radical (unpaired) electrons. The van der Waals surface area contributed by atoms with Gasteiger partial charge in [-0.2, -0.15) is 0 Å². The van der Waals surface area contributed by atoms with Gasteiger partial charge >= 0.3 is 0 Å². The number of imidazole rings is 1. The molecule has 1 saturated carbocycles. The number of fused-ring (bicyclic) bond motifs is 1. The normalized spacial score (nSPS) is 12.7. The molecule has 3 aromatic carbocycles. The molecule has 2 aromatic heterocycles. The number of aromatic nitrogens is 4. The molecule has 5 aromatic rings. The maximum absolute atomic E-state index is 12.5. The molecule has 0 saturated heterocycles. The predicted molar refractivity (Wildman–Crippen MR) is 152 cm³/mol. The fraction of sp³-hybridized carbons (Fsp3) is 0.200. The number of hydrogen-bond acceptors (Lipinski definition) is 8. The average Bonchev–Trinajstić information content (AvgIpc) is 3.71. The molecule has 1 fully saturated rings. The first-order valence-corrected chi connectivity index (χ1v) is 12.9. The number of methoxy groups -OCH3 is 3. The van der Waals surface area contributed by atoms with E-state index in [0.29, 0.717) is 57.3 Å². The summed E-state index contributed by atoms with van der Waals surface area (Å²) in [7, 11) is 4.70. The van der Waals surface area contributed by atoms with Crippen LogP contribution in [-0.4, -0.2) is 52.8 Å². The molecule has 2 heterocycles. The van der Waals surface area contributed by atoms with Crippen molar-refractivity contribution in [2.75, 3.05) is 26.6 Å². The van der Waals surface area contributed by atoms with E-state index in [2.05, 4.69) is 15.6 Å². The molecular weight excluding hydrogens is 508 g/mol. The Kier molecular flexibility index (Phi) is 6.65. The van der Waals surface area contributed by atoms with Gasteiger partial charge in [0.05, 0.1) is 21.3 Å². The third-order valence-electron chi connectivity index (χ3n) is 6.68. The number of rotatable bonds is 9. The number of carbonyl (C=O) groups is 1. The molecule has 0 bridgehead atoms. The van der Waals surface area contributed by atoms with Gasteiger partial charge in [-0.15, -0.1) is 0 Å². The SMILES string of the molecule is COc1cc(Nc2nc(-c3ccc(C(=O)NC4CC4)cc3)nc3c2ncn3-c2ccccc2)cc(OC)c1OC. The zero-order valence-electron chi connectivity index (χ0n) is 22.3. The van der Waals surface area contributed by atoms with Gasteiger partial charge in [0.15, 0.2) is 34.3 Å². The first-order chi connectivity index (χ1) is 19.6. The molecule has 0 atom stereocenters. The van der Waals surface area contributed by atoms with Crippen molar-refractivity contribution in [2.45, 2.75) is 18.9 Å². The molecule has 0 spiro atoms. The lowest BCUT2D eigenvalue weighted by Crippen LogP contribution is -2.25. The van der Waals surface area contributed by atoms with Gasteiger partial charge in [0.25, 0.3) is 5.91 Å². The topological polar surface area (TPSA) is 112 Å². The molecule has 0 aliphatic heterocycles. The largest absolute Gasteiger partial charge is 0.493 e. The van der Waals surface area contributed by atoms with E-state index in [-0.39, 0.29) is 5.91 Å². The zero-order chi connectivity index (χ0) is 27.6. The molecule has 202 valence electrons. The second-order valence-corrected chi connectivity index (χ2v) is 9.38. The Morgan fingerprint density at radius 3 is 2.23 bits per heavy atom. The summed E-state index contributed by atoms with van der Waals surface area (Å²) in [4.78, 5) is 26.9. The van der Waals surface area contributed by atoms with Crippen molar-refractivity contribution >= 4 is 28.6 Å². The summed E-state index contributed by atoms with van der Waals surface area (Å²) in [5.74, 6) is 2.41. The number of ether oxygens (including phenoxy) is 3. The standard InChI is InChI=1S/C30H28N6O4/c1-38-23-15-21(16-24(39-2)26(23)40-3)32-28-25-29(36(17-31-25)22-7-5-4-6-8-22)35-27(34-28)18-9-11-19(12-10-18)30(37)33-20-13-14-20/h4-12,15-17,20H,13-14H2,1-3H3,(H,33,37)(H,32,34,35). The minimum Gasteiger partial charge on any atom is -0.493 e. The summed E-state index contributed by atoms with van der Waals surface area (Å²) < 4.78 is 18.4. The van der Waals surface area contributed by atoms with Crippen LogP contribution < -0.4 is 24.8 Å². The Hall–Kier alpha value is -5.12. The Bertz CT molecular complexity index is 1660. The van der Waals surface area contributed by atoms with Gasteiger partial charge in [0.1, 0.15) is 6.33 Å². The van der Waals surface area contributed by atoms with Crippen molar-refractivity contribution in [2.24, 2.45) is 0 Å². The van der Waals surface area contributed by atoms with Gasteiger partial charge in [-0.05, 0) is 37.1 Å². The highest BCUT2D eigenvalue weighted by Gasteiger charge is 2.24. The fourth-order valence-electron chi connectivity index (χ4n) is 4.45. The molecule has 40 heavy (non-hydrogen) atoms. The first-order valence-electron chi connectivity index (χ1n) is 12.9. The maximum atomic E-state index is 12.5. The number of para-hydroxylation sites is 1. The monoisotopic (exact) mass is 536 g/mol. The van der Waals surface area contributed by atoms with E-state index in [0.717, 1.165) is 24.1 Å². The smallest absolute Gasteiger partial charge is 0.251 e. The molecule has 0 unspecified atom stereocenters. The molecule has 2 N–H and O–H groups in total. The van der Waals surface area contributed by atoms with E-state index in [4.69, 9.17) is 24.2 Å². The number of nitrogens with zero attached hydrogens (tertiary/aromatic N) is 4. The predicted octanol–water partition coefficient (Wildman–Crippen LogP) is 5.14. The van der Waals surface area contributed by atoms with E-state index in [1.54, 1.807) is 51.9 Å². The molecule has 10 heteroatoms. The van der Waals surface area contributed by atoms with Crippen molar-refractivity contribution in [1.82, 2.24) is 24.8 Å². The second kappa shape index (κ2) is 10.6. The Morgan fingerprint density at radius 1 is 0.900 bits per heavy atom. The van der Waals surface area contributed by atoms with Crippen LogP contribution in [0.25, 0.3) is 28.2 Å². The van der Waals surface area contributed by atoms with Gasteiger partial charge in [-0.1, -0.05) is 30.3 Å². The number of anilines is 2. The van der Waals surface area contributed by atoms with Gasteiger partial charge in [-0.3, -0.25) is 9.36 Å². The van der Waals surface area contributed by atoms with Crippen molar-refractivity contribution < 1.29 is 19.0 Å². The van der Waals surface area contributed by atoms with Gasteiger partial charge in [0, 0.05) is 40.7 Å². The minimum atomic E-state index is -0.0719. The van der Waals surface area contributed by atoms with E-state index in [9.17, 15) is 4.79 Å². The minimum absolute atomic E-state index is 0.0719. The van der Waals surface area contributed by atoms with Gasteiger partial charge < -0.3 is 24.8 Å². The molecular formula is C30H28N6O4. The number of benzene rings is 3. The number of hydrogen-bond donors (Lipinski definition) is 2. The molecule has 1 aliphatic rings. The van der Waals surface area contributed by atoms with Crippen LogP contribution in [0.2, 0.25) is 0 Å². The third-order valence-corrected chi connectivity index (χ3v) is 6.68. The summed E-state index contributed by atoms with van der Waals surface area (Å²) in [6, 6.07) is 21.1. The number of amides is 1. The van der Waals surface area contributed by atoms with Crippen LogP contribution in [-0.2, 0) is 0 Å². The lowest BCUT2D eigenvalue weighted by atomic mass is 10.1. The van der Waals surface area contributed by atoms with Gasteiger partial charge in [0.2, 0.25) is 5.75 Å². The lowest BCUT2D eigenvalue weighted by molar-refractivity contribution is 0.0951. The summed E-state index contributed by atoms with van der Waals surface area (Å²) in [5, 5.41) is 6.39. The summed E-state index contributed by atoms with van der Waals surface area (Å²) in [6.07, 6.45) is 3.80. The van der Waals surface area contributed by atoms with Crippen molar-refractivity contribution in [3.8, 4) is 34.3 Å². The molecule has 1 amide bonds. The van der Waals surface area contributed by atoms with E-state index < -0.39 is 0 Å². The van der Waals surface area contributed by atoms with Crippen LogP contribution in [0.3, 0.4) is 0 Å². The lowest BCUT2D eigenvalue weighted by Gasteiger charge is -2.15. The number of carbonyl (C=O) groups excluding carboxylic acids is 1. The molecule has 6 rings (SSSR count). The van der Waals surface area contributed by atoms with Crippen LogP contribution in [0.15, 0.2) is 73.1 Å². The Balaban J connectivity index is 1.44. The fourth-order valence-corrected chi connectivity index (χ4v) is 4.45. The van der Waals surface area contributed by atoms with Crippen molar-refractivity contribution in [3.05, 3.63) is 78.6 Å². The van der Waals surface area contributed by atoms with Crippen LogP contribution >= 0.6 is 0 Å². The van der Waals surface area contributed by atoms with Crippen LogP contribution in [0.4, 0.5) is 11.5 Å². The Labute approximate surface area is 231 Å². The van der Waals surface area contributed by atoms with E-state index >= 15 is 0 Å². The van der Waals surface area contributed by atoms with E-state index in [1.165, 1.54) is 0 Å². The van der Waals surface area contributed by atoms with Crippen LogP contribution in [0, 0.1) is 0 Å². The second-order valence-electron chi connectivity index (χ2n) is 9.38. The van der Waals surface area contributed by atoms with Gasteiger partial charge in [-0.25, -0.2) is 15.0 Å². The highest BCUT2D eigenvalue weighted by atomic mass is 16.5. The van der Waals surface area contributed by atoms with Crippen LogP contribution in [0.5, 0.6) is 17.2 Å².